The fourth-order valence-corrected chi connectivity index (χ4v) is 2.86. The molecule has 1 aliphatic rings. The molecule has 2 rings (SSSR count). The van der Waals surface area contributed by atoms with Crippen LogP contribution in [0, 0.1) is 11.7 Å². The number of pyridine rings is 1. The van der Waals surface area contributed by atoms with Gasteiger partial charge in [-0.05, 0) is 40.8 Å². The SMILES string of the molecule is Fc1cc(Br)cnc1N1CCCC(CBr)C1. The number of alkyl halides is 1. The molecule has 1 saturated heterocycles. The monoisotopic (exact) mass is 350 g/mol. The first kappa shape index (κ1) is 12.3. The molecule has 1 unspecified atom stereocenters. The van der Waals surface area contributed by atoms with E-state index in [1.807, 2.05) is 4.90 Å². The third kappa shape index (κ3) is 2.74. The molecule has 2 heterocycles. The number of piperidine rings is 1. The second-order valence-corrected chi connectivity index (χ2v) is 5.63. The number of nitrogens with zero attached hydrogens (tertiary/aromatic N) is 2. The van der Waals surface area contributed by atoms with Crippen LogP contribution in [0.15, 0.2) is 16.7 Å². The predicted molar refractivity (Wildman–Crippen MR) is 70.6 cm³/mol. The van der Waals surface area contributed by atoms with Gasteiger partial charge in [0.1, 0.15) is 0 Å². The van der Waals surface area contributed by atoms with Crippen LogP contribution < -0.4 is 4.90 Å². The largest absolute Gasteiger partial charge is 0.354 e. The molecular weight excluding hydrogens is 339 g/mol. The first-order valence-electron chi connectivity index (χ1n) is 5.32. The molecule has 16 heavy (non-hydrogen) atoms. The van der Waals surface area contributed by atoms with Crippen molar-refractivity contribution in [2.24, 2.45) is 5.92 Å². The summed E-state index contributed by atoms with van der Waals surface area (Å²) in [4.78, 5) is 6.20. The standard InChI is InChI=1S/C11H13Br2FN2/c12-5-8-2-1-3-16(7-8)11-10(14)4-9(13)6-15-11/h4,6,8H,1-3,5,7H2. The quantitative estimate of drug-likeness (QED) is 0.757. The van der Waals surface area contributed by atoms with Crippen molar-refractivity contribution in [2.75, 3.05) is 23.3 Å². The van der Waals surface area contributed by atoms with Crippen LogP contribution >= 0.6 is 31.9 Å². The molecule has 0 saturated carbocycles. The molecule has 0 aromatic carbocycles. The van der Waals surface area contributed by atoms with Gasteiger partial charge in [0.2, 0.25) is 0 Å². The van der Waals surface area contributed by atoms with Gasteiger partial charge in [-0.15, -0.1) is 0 Å². The lowest BCUT2D eigenvalue weighted by Gasteiger charge is -2.32. The second-order valence-electron chi connectivity index (χ2n) is 4.07. The highest BCUT2D eigenvalue weighted by molar-refractivity contribution is 9.10. The minimum Gasteiger partial charge on any atom is -0.354 e. The maximum atomic E-state index is 13.7. The molecule has 1 aliphatic heterocycles. The summed E-state index contributed by atoms with van der Waals surface area (Å²) >= 11 is 6.71. The van der Waals surface area contributed by atoms with E-state index in [4.69, 9.17) is 0 Å². The molecule has 0 radical (unpaired) electrons. The van der Waals surface area contributed by atoms with Gasteiger partial charge in [-0.1, -0.05) is 15.9 Å². The average molecular weight is 352 g/mol. The smallest absolute Gasteiger partial charge is 0.166 e. The Morgan fingerprint density at radius 2 is 2.38 bits per heavy atom. The number of rotatable bonds is 2. The molecule has 88 valence electrons. The van der Waals surface area contributed by atoms with Gasteiger partial charge in [-0.25, -0.2) is 9.37 Å². The summed E-state index contributed by atoms with van der Waals surface area (Å²) < 4.78 is 14.4. The summed E-state index contributed by atoms with van der Waals surface area (Å²) in [5.41, 5.74) is 0. The Labute approximate surface area is 111 Å². The van der Waals surface area contributed by atoms with E-state index in [9.17, 15) is 4.39 Å². The van der Waals surface area contributed by atoms with Crippen LogP contribution in [0.4, 0.5) is 10.2 Å². The third-order valence-corrected chi connectivity index (χ3v) is 4.17. The summed E-state index contributed by atoms with van der Waals surface area (Å²) in [6.45, 7) is 1.78. The molecule has 0 spiro atoms. The summed E-state index contributed by atoms with van der Waals surface area (Å²) in [5.74, 6) is 0.831. The minimum atomic E-state index is -0.246. The van der Waals surface area contributed by atoms with Gasteiger partial charge in [0.15, 0.2) is 11.6 Å². The number of anilines is 1. The van der Waals surface area contributed by atoms with E-state index < -0.39 is 0 Å². The fourth-order valence-electron chi connectivity index (χ4n) is 2.02. The van der Waals surface area contributed by atoms with Crippen molar-refractivity contribution in [1.82, 2.24) is 4.98 Å². The Kier molecular flexibility index (Phi) is 4.19. The molecule has 5 heteroatoms. The van der Waals surface area contributed by atoms with Gasteiger partial charge in [0.25, 0.3) is 0 Å². The van der Waals surface area contributed by atoms with Crippen molar-refractivity contribution in [3.8, 4) is 0 Å². The first-order valence-corrected chi connectivity index (χ1v) is 7.24. The van der Waals surface area contributed by atoms with Gasteiger partial charge >= 0.3 is 0 Å². The average Bonchev–Trinajstić information content (AvgIpc) is 2.29. The van der Waals surface area contributed by atoms with Crippen molar-refractivity contribution in [2.45, 2.75) is 12.8 Å². The van der Waals surface area contributed by atoms with E-state index in [1.54, 1.807) is 6.20 Å². The van der Waals surface area contributed by atoms with Crippen LogP contribution in [-0.4, -0.2) is 23.4 Å². The molecule has 0 amide bonds. The lowest BCUT2D eigenvalue weighted by molar-refractivity contribution is 0.446. The highest BCUT2D eigenvalue weighted by Gasteiger charge is 2.22. The van der Waals surface area contributed by atoms with Gasteiger partial charge in [0, 0.05) is 29.1 Å². The minimum absolute atomic E-state index is 0.246. The Hall–Kier alpha value is -0.160. The molecule has 0 aliphatic carbocycles. The Bertz CT molecular complexity index is 373. The second kappa shape index (κ2) is 5.45. The van der Waals surface area contributed by atoms with Crippen molar-refractivity contribution in [3.05, 3.63) is 22.6 Å². The van der Waals surface area contributed by atoms with Crippen molar-refractivity contribution < 1.29 is 4.39 Å². The topological polar surface area (TPSA) is 16.1 Å². The van der Waals surface area contributed by atoms with Gasteiger partial charge in [-0.3, -0.25) is 0 Å². The molecule has 1 atom stereocenters. The molecular formula is C11H13Br2FN2. The number of aromatic nitrogens is 1. The molecule has 2 nitrogen and oxygen atoms in total. The van der Waals surface area contributed by atoms with E-state index in [1.165, 1.54) is 12.5 Å². The van der Waals surface area contributed by atoms with E-state index in [-0.39, 0.29) is 5.82 Å². The molecule has 0 N–H and O–H groups in total. The third-order valence-electron chi connectivity index (χ3n) is 2.83. The van der Waals surface area contributed by atoms with Gasteiger partial charge < -0.3 is 4.90 Å². The Morgan fingerprint density at radius 3 is 3.06 bits per heavy atom. The van der Waals surface area contributed by atoms with Crippen LogP contribution in [0.5, 0.6) is 0 Å². The van der Waals surface area contributed by atoms with Crippen molar-refractivity contribution in [1.29, 1.82) is 0 Å². The van der Waals surface area contributed by atoms with Crippen LogP contribution in [0.25, 0.3) is 0 Å². The molecule has 1 aromatic rings. The number of halogens is 3. The molecule has 1 aromatic heterocycles. The Balaban J connectivity index is 2.16. The number of hydrogen-bond donors (Lipinski definition) is 0. The predicted octanol–water partition coefficient (Wildman–Crippen LogP) is 3.59. The lowest BCUT2D eigenvalue weighted by atomic mass is 10.0. The maximum Gasteiger partial charge on any atom is 0.166 e. The summed E-state index contributed by atoms with van der Waals surface area (Å²) in [7, 11) is 0. The van der Waals surface area contributed by atoms with Crippen molar-refractivity contribution >= 4 is 37.7 Å². The zero-order valence-electron chi connectivity index (χ0n) is 8.80. The Morgan fingerprint density at radius 1 is 1.56 bits per heavy atom. The van der Waals surface area contributed by atoms with Gasteiger partial charge in [0.05, 0.1) is 0 Å². The first-order chi connectivity index (χ1) is 7.70. The zero-order valence-corrected chi connectivity index (χ0v) is 12.0. The van der Waals surface area contributed by atoms with E-state index in [2.05, 4.69) is 36.8 Å². The fraction of sp³-hybridized carbons (Fsp3) is 0.545. The van der Waals surface area contributed by atoms with E-state index >= 15 is 0 Å². The summed E-state index contributed by atoms with van der Waals surface area (Å²) in [6.07, 6.45) is 3.96. The van der Waals surface area contributed by atoms with Crippen LogP contribution in [0.2, 0.25) is 0 Å². The highest BCUT2D eigenvalue weighted by atomic mass is 79.9. The molecule has 0 bridgehead atoms. The highest BCUT2D eigenvalue weighted by Crippen LogP contribution is 2.26. The van der Waals surface area contributed by atoms with E-state index in [0.717, 1.165) is 24.8 Å². The van der Waals surface area contributed by atoms with Crippen molar-refractivity contribution in [3.63, 3.8) is 0 Å². The number of hydrogen-bond acceptors (Lipinski definition) is 2. The molecule has 1 fully saturated rings. The van der Waals surface area contributed by atoms with Crippen LogP contribution in [0.1, 0.15) is 12.8 Å². The normalized spacial score (nSPS) is 21.2. The zero-order chi connectivity index (χ0) is 11.5. The summed E-state index contributed by atoms with van der Waals surface area (Å²) in [6, 6.07) is 1.47. The lowest BCUT2D eigenvalue weighted by Crippen LogP contribution is -2.37. The van der Waals surface area contributed by atoms with E-state index in [0.29, 0.717) is 16.2 Å². The van der Waals surface area contributed by atoms with Crippen LogP contribution in [-0.2, 0) is 0 Å². The summed E-state index contributed by atoms with van der Waals surface area (Å²) in [5, 5.41) is 0.974. The maximum absolute atomic E-state index is 13.7. The van der Waals surface area contributed by atoms with Gasteiger partial charge in [-0.2, -0.15) is 0 Å². The van der Waals surface area contributed by atoms with Crippen LogP contribution in [0.3, 0.4) is 0 Å².